The number of rotatable bonds is 4. The molecule has 0 atom stereocenters. The van der Waals surface area contributed by atoms with Crippen LogP contribution in [0.4, 0.5) is 0 Å². The lowest BCUT2D eigenvalue weighted by molar-refractivity contribution is 1.24. The molecule has 0 aliphatic carbocycles. The SMILES string of the molecule is C.C.C.C=CC/C(C=C)=C(\C)C=C. The van der Waals surface area contributed by atoms with Gasteiger partial charge in [0.05, 0.1) is 0 Å². The molecule has 0 aliphatic rings. The van der Waals surface area contributed by atoms with Gasteiger partial charge >= 0.3 is 0 Å². The van der Waals surface area contributed by atoms with Crippen molar-refractivity contribution in [3.05, 3.63) is 49.1 Å². The smallest absolute Gasteiger partial charge is 0.00977 e. The maximum atomic E-state index is 3.70. The molecule has 0 aromatic rings. The zero-order valence-corrected chi connectivity index (χ0v) is 6.56. The van der Waals surface area contributed by atoms with Gasteiger partial charge in [-0.3, -0.25) is 0 Å². The van der Waals surface area contributed by atoms with Gasteiger partial charge in [-0.2, -0.15) is 0 Å². The first-order valence-electron chi connectivity index (χ1n) is 3.31. The third-order valence-electron chi connectivity index (χ3n) is 1.42. The van der Waals surface area contributed by atoms with E-state index in [0.717, 1.165) is 6.42 Å². The second-order valence-corrected chi connectivity index (χ2v) is 2.11. The summed E-state index contributed by atoms with van der Waals surface area (Å²) in [6.45, 7) is 13.0. The molecule has 0 spiro atoms. The molecule has 0 nitrogen and oxygen atoms in total. The molecular weight excluding hydrogens is 156 g/mol. The number of hydrogen-bond acceptors (Lipinski definition) is 0. The van der Waals surface area contributed by atoms with Gasteiger partial charge in [-0.15, -0.1) is 6.58 Å². The fraction of sp³-hybridized carbons (Fsp3) is 0.385. The van der Waals surface area contributed by atoms with Crippen molar-refractivity contribution < 1.29 is 0 Å². The molecule has 0 N–H and O–H groups in total. The minimum atomic E-state index is 0. The van der Waals surface area contributed by atoms with Gasteiger partial charge in [0, 0.05) is 0 Å². The molecule has 0 saturated carbocycles. The van der Waals surface area contributed by atoms with Crippen LogP contribution in [0.5, 0.6) is 0 Å². The van der Waals surface area contributed by atoms with E-state index in [9.17, 15) is 0 Å². The summed E-state index contributed by atoms with van der Waals surface area (Å²) >= 11 is 0. The van der Waals surface area contributed by atoms with E-state index in [2.05, 4.69) is 19.7 Å². The average Bonchev–Trinajstić information content (AvgIpc) is 1.99. The minimum Gasteiger partial charge on any atom is -0.103 e. The van der Waals surface area contributed by atoms with Crippen LogP contribution in [0, 0.1) is 0 Å². The predicted octanol–water partition coefficient (Wildman–Crippen LogP) is 5.16. The monoisotopic (exact) mass is 182 g/mol. The van der Waals surface area contributed by atoms with E-state index in [4.69, 9.17) is 0 Å². The molecule has 0 rings (SSSR count). The molecular formula is C13H26. The van der Waals surface area contributed by atoms with Crippen molar-refractivity contribution in [1.29, 1.82) is 0 Å². The Labute approximate surface area is 85.4 Å². The first kappa shape index (κ1) is 22.7. The van der Waals surface area contributed by atoms with Crippen molar-refractivity contribution in [2.24, 2.45) is 0 Å². The van der Waals surface area contributed by atoms with Crippen LogP contribution in [0.15, 0.2) is 49.1 Å². The second-order valence-electron chi connectivity index (χ2n) is 2.11. The van der Waals surface area contributed by atoms with E-state index in [1.165, 1.54) is 11.1 Å². The van der Waals surface area contributed by atoms with Crippen LogP contribution >= 0.6 is 0 Å². The molecule has 0 saturated heterocycles. The molecule has 0 heterocycles. The van der Waals surface area contributed by atoms with Crippen molar-refractivity contribution in [3.8, 4) is 0 Å². The highest BCUT2D eigenvalue weighted by Gasteiger charge is 1.90. The van der Waals surface area contributed by atoms with E-state index in [1.807, 2.05) is 25.2 Å². The lowest BCUT2D eigenvalue weighted by atomic mass is 10.1. The van der Waals surface area contributed by atoms with Crippen molar-refractivity contribution >= 4 is 0 Å². The normalized spacial score (nSPS) is 9.00. The summed E-state index contributed by atoms with van der Waals surface area (Å²) in [6, 6.07) is 0. The summed E-state index contributed by atoms with van der Waals surface area (Å²) in [4.78, 5) is 0. The molecule has 0 unspecified atom stereocenters. The first-order chi connectivity index (χ1) is 4.76. The molecule has 0 aromatic carbocycles. The average molecular weight is 182 g/mol. The van der Waals surface area contributed by atoms with Crippen molar-refractivity contribution in [2.45, 2.75) is 35.6 Å². The molecule has 13 heavy (non-hydrogen) atoms. The van der Waals surface area contributed by atoms with Crippen LogP contribution in [-0.2, 0) is 0 Å². The summed E-state index contributed by atoms with van der Waals surface area (Å²) in [7, 11) is 0. The van der Waals surface area contributed by atoms with E-state index in [-0.39, 0.29) is 22.3 Å². The molecule has 0 amide bonds. The highest BCUT2D eigenvalue weighted by atomic mass is 14.0. The van der Waals surface area contributed by atoms with Gasteiger partial charge in [0.25, 0.3) is 0 Å². The Hall–Kier alpha value is -1.04. The largest absolute Gasteiger partial charge is 0.103 e. The van der Waals surface area contributed by atoms with Gasteiger partial charge in [-0.1, -0.05) is 53.7 Å². The standard InChI is InChI=1S/C10H14.3CH4/c1-5-8-10(7-3)9(4)6-2;;;/h5-7H,1-3,8H2,4H3;3*1H4/b10-9+;;;. The van der Waals surface area contributed by atoms with Crippen LogP contribution in [-0.4, -0.2) is 0 Å². The van der Waals surface area contributed by atoms with Gasteiger partial charge in [0.1, 0.15) is 0 Å². The maximum absolute atomic E-state index is 3.70. The van der Waals surface area contributed by atoms with Crippen molar-refractivity contribution in [1.82, 2.24) is 0 Å². The van der Waals surface area contributed by atoms with Crippen molar-refractivity contribution in [3.63, 3.8) is 0 Å². The zero-order valence-electron chi connectivity index (χ0n) is 6.56. The third-order valence-corrected chi connectivity index (χ3v) is 1.42. The van der Waals surface area contributed by atoms with Gasteiger partial charge in [0.15, 0.2) is 0 Å². The molecule has 0 fully saturated rings. The van der Waals surface area contributed by atoms with E-state index in [0.29, 0.717) is 0 Å². The third kappa shape index (κ3) is 8.87. The van der Waals surface area contributed by atoms with Crippen LogP contribution in [0.25, 0.3) is 0 Å². The molecule has 78 valence electrons. The Kier molecular flexibility index (Phi) is 23.6. The van der Waals surface area contributed by atoms with Crippen LogP contribution in [0.3, 0.4) is 0 Å². The molecule has 0 aromatic heterocycles. The topological polar surface area (TPSA) is 0 Å². The summed E-state index contributed by atoms with van der Waals surface area (Å²) in [6.07, 6.45) is 6.42. The summed E-state index contributed by atoms with van der Waals surface area (Å²) in [5.41, 5.74) is 2.37. The van der Waals surface area contributed by atoms with E-state index < -0.39 is 0 Å². The van der Waals surface area contributed by atoms with Gasteiger partial charge in [-0.05, 0) is 24.5 Å². The predicted molar refractivity (Wildman–Crippen MR) is 68.1 cm³/mol. The second kappa shape index (κ2) is 13.5. The lowest BCUT2D eigenvalue weighted by Gasteiger charge is -1.99. The highest BCUT2D eigenvalue weighted by molar-refractivity contribution is 5.30. The quantitative estimate of drug-likeness (QED) is 0.416. The van der Waals surface area contributed by atoms with Gasteiger partial charge < -0.3 is 0 Å². The summed E-state index contributed by atoms with van der Waals surface area (Å²) in [5, 5.41) is 0. The van der Waals surface area contributed by atoms with E-state index >= 15 is 0 Å². The lowest BCUT2D eigenvalue weighted by Crippen LogP contribution is -1.79. The number of hydrogen-bond donors (Lipinski definition) is 0. The van der Waals surface area contributed by atoms with Crippen LogP contribution in [0.2, 0.25) is 0 Å². The van der Waals surface area contributed by atoms with Crippen LogP contribution in [0.1, 0.15) is 35.6 Å². The molecule has 0 bridgehead atoms. The summed E-state index contributed by atoms with van der Waals surface area (Å²) in [5.74, 6) is 0. The molecule has 0 radical (unpaired) electrons. The van der Waals surface area contributed by atoms with Gasteiger partial charge in [-0.25, -0.2) is 0 Å². The maximum Gasteiger partial charge on any atom is -0.00977 e. The Balaban J connectivity index is -0.000000135. The molecule has 0 aliphatic heterocycles. The Morgan fingerprint density at radius 2 is 1.46 bits per heavy atom. The van der Waals surface area contributed by atoms with Crippen LogP contribution < -0.4 is 0 Å². The summed E-state index contributed by atoms with van der Waals surface area (Å²) < 4.78 is 0. The number of allylic oxidation sites excluding steroid dienone is 5. The fourth-order valence-corrected chi connectivity index (χ4v) is 0.692. The van der Waals surface area contributed by atoms with E-state index in [1.54, 1.807) is 0 Å². The Morgan fingerprint density at radius 1 is 1.00 bits per heavy atom. The van der Waals surface area contributed by atoms with Gasteiger partial charge in [0.2, 0.25) is 0 Å². The molecule has 0 heteroatoms. The first-order valence-corrected chi connectivity index (χ1v) is 3.31. The fourth-order valence-electron chi connectivity index (χ4n) is 0.692. The Morgan fingerprint density at radius 3 is 1.69 bits per heavy atom. The Bertz CT molecular complexity index is 170. The highest BCUT2D eigenvalue weighted by Crippen LogP contribution is 2.10. The minimum absolute atomic E-state index is 0. The van der Waals surface area contributed by atoms with Crippen molar-refractivity contribution in [2.75, 3.05) is 0 Å². The zero-order chi connectivity index (χ0) is 7.98.